The Hall–Kier alpha value is -1.44. The molecule has 112 valence electrons. The number of carbonyl (C=O) groups excluding carboxylic acids is 1. The van der Waals surface area contributed by atoms with E-state index in [-0.39, 0.29) is 17.4 Å². The molecule has 6 nitrogen and oxygen atoms in total. The fraction of sp³-hybridized carbons (Fsp3) is 0.462. The molecule has 1 amide bonds. The number of amides is 1. The Morgan fingerprint density at radius 3 is 2.60 bits per heavy atom. The van der Waals surface area contributed by atoms with Crippen molar-refractivity contribution in [2.75, 3.05) is 19.0 Å². The highest BCUT2D eigenvalue weighted by Gasteiger charge is 2.15. The zero-order valence-electron chi connectivity index (χ0n) is 11.6. The molecule has 0 spiro atoms. The van der Waals surface area contributed by atoms with Crippen LogP contribution in [0.15, 0.2) is 23.1 Å². The second kappa shape index (κ2) is 7.37. The molecule has 0 saturated heterocycles. The highest BCUT2D eigenvalue weighted by atomic mass is 32.2. The molecule has 1 aromatic carbocycles. The number of aliphatic hydroxyl groups is 1. The van der Waals surface area contributed by atoms with Crippen LogP contribution in [-0.4, -0.2) is 33.1 Å². The molecular formula is C13H20N2O4S. The molecule has 0 heterocycles. The average molecular weight is 300 g/mol. The lowest BCUT2D eigenvalue weighted by Crippen LogP contribution is -2.20. The van der Waals surface area contributed by atoms with Crippen molar-refractivity contribution in [1.29, 1.82) is 0 Å². The number of benzene rings is 1. The molecule has 0 aromatic heterocycles. The van der Waals surface area contributed by atoms with Crippen LogP contribution >= 0.6 is 0 Å². The number of sulfonamides is 1. The summed E-state index contributed by atoms with van der Waals surface area (Å²) in [4.78, 5) is 11.8. The number of unbranched alkanes of at least 4 members (excludes halogenated alkanes) is 1. The number of carbonyl (C=O) groups is 1. The van der Waals surface area contributed by atoms with Gasteiger partial charge in [0.05, 0.1) is 4.90 Å². The molecule has 0 unspecified atom stereocenters. The number of aryl methyl sites for hydroxylation is 1. The standard InChI is InChI=1S/C13H20N2O4S/c1-10-6-7-11(9-12(10)20(18,19)14-2)15-13(17)5-3-4-8-16/h6-7,9,14,16H,3-5,8H2,1-2H3,(H,15,17). The van der Waals surface area contributed by atoms with Crippen LogP contribution in [0.4, 0.5) is 5.69 Å². The molecule has 0 saturated carbocycles. The van der Waals surface area contributed by atoms with Crippen LogP contribution in [-0.2, 0) is 14.8 Å². The van der Waals surface area contributed by atoms with E-state index in [4.69, 9.17) is 5.11 Å². The molecule has 1 rings (SSSR count). The molecule has 0 aliphatic heterocycles. The molecule has 0 aliphatic rings. The summed E-state index contributed by atoms with van der Waals surface area (Å²) < 4.78 is 25.9. The highest BCUT2D eigenvalue weighted by Crippen LogP contribution is 2.20. The fourth-order valence-corrected chi connectivity index (χ4v) is 2.69. The van der Waals surface area contributed by atoms with Crippen LogP contribution in [0.1, 0.15) is 24.8 Å². The normalized spacial score (nSPS) is 11.3. The van der Waals surface area contributed by atoms with E-state index < -0.39 is 10.0 Å². The van der Waals surface area contributed by atoms with Crippen molar-refractivity contribution in [2.45, 2.75) is 31.1 Å². The van der Waals surface area contributed by atoms with E-state index in [9.17, 15) is 13.2 Å². The zero-order chi connectivity index (χ0) is 15.2. The summed E-state index contributed by atoms with van der Waals surface area (Å²) >= 11 is 0. The Labute approximate surface area is 119 Å². The molecule has 0 fully saturated rings. The summed E-state index contributed by atoms with van der Waals surface area (Å²) in [6.07, 6.45) is 1.46. The fourth-order valence-electron chi connectivity index (χ4n) is 1.70. The third kappa shape index (κ3) is 4.59. The summed E-state index contributed by atoms with van der Waals surface area (Å²) in [5.74, 6) is -0.199. The van der Waals surface area contributed by atoms with Gasteiger partial charge in [-0.2, -0.15) is 0 Å². The van der Waals surface area contributed by atoms with Crippen molar-refractivity contribution in [3.8, 4) is 0 Å². The Morgan fingerprint density at radius 2 is 2.00 bits per heavy atom. The zero-order valence-corrected chi connectivity index (χ0v) is 12.5. The Bertz CT molecular complexity index is 570. The van der Waals surface area contributed by atoms with Gasteiger partial charge in [0.2, 0.25) is 15.9 Å². The lowest BCUT2D eigenvalue weighted by Gasteiger charge is -2.10. The number of hydrogen-bond acceptors (Lipinski definition) is 4. The predicted octanol–water partition coefficient (Wildman–Crippen LogP) is 1.00. The second-order valence-corrected chi connectivity index (χ2v) is 6.27. The van der Waals surface area contributed by atoms with Crippen LogP contribution in [0, 0.1) is 6.92 Å². The molecule has 0 radical (unpaired) electrons. The van der Waals surface area contributed by atoms with Gasteiger partial charge in [0.25, 0.3) is 0 Å². The topological polar surface area (TPSA) is 95.5 Å². The van der Waals surface area contributed by atoms with Crippen LogP contribution in [0.2, 0.25) is 0 Å². The number of rotatable bonds is 7. The molecule has 1 aromatic rings. The van der Waals surface area contributed by atoms with Gasteiger partial charge >= 0.3 is 0 Å². The summed E-state index contributed by atoms with van der Waals surface area (Å²) in [6, 6.07) is 4.74. The van der Waals surface area contributed by atoms with Gasteiger partial charge in [0.1, 0.15) is 0 Å². The smallest absolute Gasteiger partial charge is 0.240 e. The molecule has 7 heteroatoms. The first kappa shape index (κ1) is 16.6. The Balaban J connectivity index is 2.83. The Morgan fingerprint density at radius 1 is 1.30 bits per heavy atom. The molecule has 0 aliphatic carbocycles. The monoisotopic (exact) mass is 300 g/mol. The van der Waals surface area contributed by atoms with E-state index in [1.165, 1.54) is 13.1 Å². The molecule has 0 bridgehead atoms. The van der Waals surface area contributed by atoms with Crippen LogP contribution in [0.5, 0.6) is 0 Å². The van der Waals surface area contributed by atoms with Gasteiger partial charge in [-0.05, 0) is 44.5 Å². The molecule has 3 N–H and O–H groups in total. The van der Waals surface area contributed by atoms with Crippen molar-refractivity contribution in [1.82, 2.24) is 4.72 Å². The quantitative estimate of drug-likeness (QED) is 0.655. The van der Waals surface area contributed by atoms with Crippen molar-refractivity contribution in [3.63, 3.8) is 0 Å². The maximum absolute atomic E-state index is 11.8. The van der Waals surface area contributed by atoms with Crippen molar-refractivity contribution < 1.29 is 18.3 Å². The molecule has 20 heavy (non-hydrogen) atoms. The minimum atomic E-state index is -3.54. The minimum absolute atomic E-state index is 0.0579. The molecular weight excluding hydrogens is 280 g/mol. The summed E-state index contributed by atoms with van der Waals surface area (Å²) in [7, 11) is -2.20. The lowest BCUT2D eigenvalue weighted by molar-refractivity contribution is -0.116. The van der Waals surface area contributed by atoms with Gasteiger partial charge in [-0.1, -0.05) is 6.07 Å². The molecule has 0 atom stereocenters. The van der Waals surface area contributed by atoms with E-state index >= 15 is 0 Å². The minimum Gasteiger partial charge on any atom is -0.396 e. The van der Waals surface area contributed by atoms with Crippen LogP contribution in [0.25, 0.3) is 0 Å². The maximum atomic E-state index is 11.8. The maximum Gasteiger partial charge on any atom is 0.240 e. The lowest BCUT2D eigenvalue weighted by atomic mass is 10.2. The van der Waals surface area contributed by atoms with Gasteiger partial charge in [0.15, 0.2) is 0 Å². The third-order valence-electron chi connectivity index (χ3n) is 2.84. The number of hydrogen-bond donors (Lipinski definition) is 3. The number of aliphatic hydroxyl groups excluding tert-OH is 1. The third-order valence-corrected chi connectivity index (χ3v) is 4.40. The van der Waals surface area contributed by atoms with Gasteiger partial charge in [-0.15, -0.1) is 0 Å². The first-order valence-electron chi connectivity index (χ1n) is 6.35. The van der Waals surface area contributed by atoms with Gasteiger partial charge < -0.3 is 10.4 Å². The largest absolute Gasteiger partial charge is 0.396 e. The first-order valence-corrected chi connectivity index (χ1v) is 7.84. The van der Waals surface area contributed by atoms with E-state index in [1.807, 2.05) is 0 Å². The second-order valence-electron chi connectivity index (χ2n) is 4.42. The first-order chi connectivity index (χ1) is 9.40. The van der Waals surface area contributed by atoms with E-state index in [0.29, 0.717) is 30.5 Å². The average Bonchev–Trinajstić information content (AvgIpc) is 2.41. The van der Waals surface area contributed by atoms with Gasteiger partial charge in [-0.3, -0.25) is 4.79 Å². The van der Waals surface area contributed by atoms with Crippen molar-refractivity contribution in [2.24, 2.45) is 0 Å². The van der Waals surface area contributed by atoms with Crippen LogP contribution < -0.4 is 10.0 Å². The SMILES string of the molecule is CNS(=O)(=O)c1cc(NC(=O)CCCCO)ccc1C. The highest BCUT2D eigenvalue weighted by molar-refractivity contribution is 7.89. The van der Waals surface area contributed by atoms with Crippen molar-refractivity contribution in [3.05, 3.63) is 23.8 Å². The summed E-state index contributed by atoms with van der Waals surface area (Å²) in [5, 5.41) is 11.3. The summed E-state index contributed by atoms with van der Waals surface area (Å²) in [5.41, 5.74) is 1.05. The van der Waals surface area contributed by atoms with E-state index in [1.54, 1.807) is 19.1 Å². The van der Waals surface area contributed by atoms with Crippen LogP contribution in [0.3, 0.4) is 0 Å². The number of nitrogens with one attached hydrogen (secondary N) is 2. The Kier molecular flexibility index (Phi) is 6.12. The number of anilines is 1. The van der Waals surface area contributed by atoms with Gasteiger partial charge in [0, 0.05) is 18.7 Å². The van der Waals surface area contributed by atoms with E-state index in [2.05, 4.69) is 10.0 Å². The summed E-state index contributed by atoms with van der Waals surface area (Å²) in [6.45, 7) is 1.75. The predicted molar refractivity (Wildman–Crippen MR) is 77.0 cm³/mol. The van der Waals surface area contributed by atoms with Gasteiger partial charge in [-0.25, -0.2) is 13.1 Å². The van der Waals surface area contributed by atoms with E-state index in [0.717, 1.165) is 0 Å². The van der Waals surface area contributed by atoms with Crippen molar-refractivity contribution >= 4 is 21.6 Å².